The summed E-state index contributed by atoms with van der Waals surface area (Å²) in [6, 6.07) is 7.54. The molecule has 0 amide bonds. The fourth-order valence-electron chi connectivity index (χ4n) is 0.820. The lowest BCUT2D eigenvalue weighted by Crippen LogP contribution is -1.95. The molecule has 0 unspecified atom stereocenters. The van der Waals surface area contributed by atoms with Gasteiger partial charge in [0, 0.05) is 0 Å². The summed E-state index contributed by atoms with van der Waals surface area (Å²) in [6.45, 7) is 6.07. The molecule has 64 valence electrons. The minimum atomic E-state index is 0.540. The zero-order valence-corrected chi connectivity index (χ0v) is 7.12. The standard InChI is InChI=1S/C10H12O2/c1-3-9-6-5-7-10(8-9)12-11-4-2/h3,5-8H,1,4H2,2H3. The van der Waals surface area contributed by atoms with Crippen LogP contribution < -0.4 is 4.89 Å². The molecule has 0 radical (unpaired) electrons. The van der Waals surface area contributed by atoms with E-state index in [0.717, 1.165) is 5.56 Å². The molecule has 0 atom stereocenters. The summed E-state index contributed by atoms with van der Waals surface area (Å²) in [5.74, 6) is 0.703. The van der Waals surface area contributed by atoms with Crippen molar-refractivity contribution in [3.63, 3.8) is 0 Å². The molecule has 0 aliphatic carbocycles. The molecule has 1 rings (SSSR count). The number of hydrogen-bond acceptors (Lipinski definition) is 2. The number of hydrogen-bond donors (Lipinski definition) is 0. The third-order valence-electron chi connectivity index (χ3n) is 1.37. The van der Waals surface area contributed by atoms with E-state index in [1.165, 1.54) is 0 Å². The molecule has 0 saturated heterocycles. The third kappa shape index (κ3) is 2.40. The van der Waals surface area contributed by atoms with Crippen molar-refractivity contribution in [3.8, 4) is 5.75 Å². The molecule has 1 aromatic carbocycles. The molecule has 0 bridgehead atoms. The van der Waals surface area contributed by atoms with Crippen molar-refractivity contribution in [2.75, 3.05) is 6.61 Å². The molecule has 0 aliphatic heterocycles. The first-order valence-corrected chi connectivity index (χ1v) is 3.88. The van der Waals surface area contributed by atoms with Gasteiger partial charge in [-0.25, -0.2) is 0 Å². The maximum atomic E-state index is 4.95. The smallest absolute Gasteiger partial charge is 0.165 e. The Labute approximate surface area is 72.4 Å². The summed E-state index contributed by atoms with van der Waals surface area (Å²) < 4.78 is 0. The second-order valence-electron chi connectivity index (χ2n) is 2.27. The summed E-state index contributed by atoms with van der Waals surface area (Å²) in [5, 5.41) is 0. The molecule has 12 heavy (non-hydrogen) atoms. The topological polar surface area (TPSA) is 18.5 Å². The van der Waals surface area contributed by atoms with Gasteiger partial charge in [-0.3, -0.25) is 0 Å². The molecule has 0 aliphatic rings. The highest BCUT2D eigenvalue weighted by Crippen LogP contribution is 2.13. The fourth-order valence-corrected chi connectivity index (χ4v) is 0.820. The van der Waals surface area contributed by atoms with E-state index >= 15 is 0 Å². The Kier molecular flexibility index (Phi) is 3.35. The van der Waals surface area contributed by atoms with Crippen LogP contribution in [-0.4, -0.2) is 6.61 Å². The molecule has 2 nitrogen and oxygen atoms in total. The Balaban J connectivity index is 2.66. The van der Waals surface area contributed by atoms with Gasteiger partial charge in [0.25, 0.3) is 0 Å². The Morgan fingerprint density at radius 1 is 1.50 bits per heavy atom. The highest BCUT2D eigenvalue weighted by atomic mass is 17.2. The molecule has 1 aromatic rings. The average molecular weight is 164 g/mol. The highest BCUT2D eigenvalue weighted by molar-refractivity contribution is 5.49. The first-order valence-electron chi connectivity index (χ1n) is 3.88. The van der Waals surface area contributed by atoms with Crippen molar-refractivity contribution in [1.29, 1.82) is 0 Å². The highest BCUT2D eigenvalue weighted by Gasteiger charge is 1.93. The second-order valence-corrected chi connectivity index (χ2v) is 2.27. The lowest BCUT2D eigenvalue weighted by molar-refractivity contribution is -0.202. The van der Waals surface area contributed by atoms with Gasteiger partial charge in [0.2, 0.25) is 0 Å². The summed E-state index contributed by atoms with van der Waals surface area (Å²) in [7, 11) is 0. The van der Waals surface area contributed by atoms with Gasteiger partial charge in [0.1, 0.15) is 0 Å². The van der Waals surface area contributed by atoms with Crippen LogP contribution in [0.2, 0.25) is 0 Å². The predicted octanol–water partition coefficient (Wildman–Crippen LogP) is 2.66. The van der Waals surface area contributed by atoms with E-state index in [1.807, 2.05) is 31.2 Å². The molecule has 0 aromatic heterocycles. The van der Waals surface area contributed by atoms with Crippen LogP contribution in [0.15, 0.2) is 30.8 Å². The molecule has 2 heteroatoms. The Morgan fingerprint density at radius 2 is 2.33 bits per heavy atom. The van der Waals surface area contributed by atoms with Gasteiger partial charge in [-0.1, -0.05) is 24.8 Å². The van der Waals surface area contributed by atoms with Crippen molar-refractivity contribution >= 4 is 6.08 Å². The van der Waals surface area contributed by atoms with Crippen LogP contribution >= 0.6 is 0 Å². The van der Waals surface area contributed by atoms with Crippen LogP contribution in [0.4, 0.5) is 0 Å². The van der Waals surface area contributed by atoms with Gasteiger partial charge in [-0.05, 0) is 24.6 Å². The van der Waals surface area contributed by atoms with Crippen molar-refractivity contribution in [1.82, 2.24) is 0 Å². The van der Waals surface area contributed by atoms with E-state index in [4.69, 9.17) is 9.78 Å². The minimum absolute atomic E-state index is 0.540. The monoisotopic (exact) mass is 164 g/mol. The lowest BCUT2D eigenvalue weighted by Gasteiger charge is -2.02. The molecular formula is C10H12O2. The maximum Gasteiger partial charge on any atom is 0.165 e. The maximum absolute atomic E-state index is 4.95. The second kappa shape index (κ2) is 4.57. The van der Waals surface area contributed by atoms with Gasteiger partial charge in [-0.2, -0.15) is 4.89 Å². The van der Waals surface area contributed by atoms with E-state index in [2.05, 4.69) is 6.58 Å². The fraction of sp³-hybridized carbons (Fsp3) is 0.200. The first kappa shape index (κ1) is 8.81. The van der Waals surface area contributed by atoms with Crippen LogP contribution in [0, 0.1) is 0 Å². The lowest BCUT2D eigenvalue weighted by atomic mass is 10.2. The first-order chi connectivity index (χ1) is 5.86. The van der Waals surface area contributed by atoms with Gasteiger partial charge >= 0.3 is 0 Å². The Hall–Kier alpha value is -1.28. The SMILES string of the molecule is C=Cc1cccc(OOCC)c1. The van der Waals surface area contributed by atoms with Crippen molar-refractivity contribution in [2.45, 2.75) is 6.92 Å². The molecule has 0 heterocycles. The third-order valence-corrected chi connectivity index (χ3v) is 1.37. The summed E-state index contributed by atoms with van der Waals surface area (Å²) >= 11 is 0. The van der Waals surface area contributed by atoms with Gasteiger partial charge in [0.15, 0.2) is 5.75 Å². The normalized spacial score (nSPS) is 9.42. The van der Waals surface area contributed by atoms with E-state index in [1.54, 1.807) is 6.08 Å². The minimum Gasteiger partial charge on any atom is -0.338 e. The van der Waals surface area contributed by atoms with E-state index in [-0.39, 0.29) is 0 Å². The van der Waals surface area contributed by atoms with Gasteiger partial charge < -0.3 is 4.89 Å². The van der Waals surface area contributed by atoms with E-state index in [0.29, 0.717) is 12.4 Å². The summed E-state index contributed by atoms with van der Waals surface area (Å²) in [5.41, 5.74) is 1.02. The quantitative estimate of drug-likeness (QED) is 0.503. The molecule has 0 saturated carbocycles. The van der Waals surface area contributed by atoms with Crippen molar-refractivity contribution in [2.24, 2.45) is 0 Å². The number of rotatable bonds is 4. The average Bonchev–Trinajstić information content (AvgIpc) is 2.15. The van der Waals surface area contributed by atoms with Crippen LogP contribution in [0.3, 0.4) is 0 Å². The largest absolute Gasteiger partial charge is 0.338 e. The van der Waals surface area contributed by atoms with Crippen LogP contribution in [0.1, 0.15) is 12.5 Å². The van der Waals surface area contributed by atoms with E-state index in [9.17, 15) is 0 Å². The van der Waals surface area contributed by atoms with Crippen LogP contribution in [0.5, 0.6) is 5.75 Å². The molecule has 0 fully saturated rings. The zero-order valence-electron chi connectivity index (χ0n) is 7.12. The van der Waals surface area contributed by atoms with Crippen LogP contribution in [0.25, 0.3) is 6.08 Å². The Bertz CT molecular complexity index is 256. The summed E-state index contributed by atoms with van der Waals surface area (Å²) in [4.78, 5) is 9.73. The zero-order chi connectivity index (χ0) is 8.81. The molecule has 0 spiro atoms. The molecular weight excluding hydrogens is 152 g/mol. The van der Waals surface area contributed by atoms with Crippen molar-refractivity contribution in [3.05, 3.63) is 36.4 Å². The van der Waals surface area contributed by atoms with Gasteiger partial charge in [0.05, 0.1) is 6.61 Å². The Morgan fingerprint density at radius 3 is 3.00 bits per heavy atom. The van der Waals surface area contributed by atoms with Gasteiger partial charge in [-0.15, -0.1) is 0 Å². The van der Waals surface area contributed by atoms with Crippen LogP contribution in [-0.2, 0) is 4.89 Å². The van der Waals surface area contributed by atoms with Crippen molar-refractivity contribution < 1.29 is 9.78 Å². The summed E-state index contributed by atoms with van der Waals surface area (Å²) in [6.07, 6.45) is 1.76. The molecule has 0 N–H and O–H groups in total. The number of benzene rings is 1. The predicted molar refractivity (Wildman–Crippen MR) is 48.8 cm³/mol. The van der Waals surface area contributed by atoms with E-state index < -0.39 is 0 Å².